The molecule has 0 saturated carbocycles. The van der Waals surface area contributed by atoms with Crippen LogP contribution < -0.4 is 27.0 Å². The second-order valence-corrected chi connectivity index (χ2v) is 14.4. The number of amides is 6. The predicted octanol–water partition coefficient (Wildman–Crippen LogP) is 3.68. The molecule has 2 atom stereocenters. The summed E-state index contributed by atoms with van der Waals surface area (Å²) in [5.41, 5.74) is 5.58. The maximum absolute atomic E-state index is 13.3. The molecule has 0 saturated heterocycles. The predicted molar refractivity (Wildman–Crippen MR) is 183 cm³/mol. The van der Waals surface area contributed by atoms with Crippen molar-refractivity contribution in [3.63, 3.8) is 0 Å². The van der Waals surface area contributed by atoms with Crippen molar-refractivity contribution in [2.45, 2.75) is 99.8 Å². The third-order valence-corrected chi connectivity index (χ3v) is 7.14. The summed E-state index contributed by atoms with van der Waals surface area (Å²) in [7, 11) is 1.54. The number of nitrogens with zero attached hydrogens (tertiary/aromatic N) is 1. The van der Waals surface area contributed by atoms with Gasteiger partial charge in [-0.05, 0) is 69.1 Å². The van der Waals surface area contributed by atoms with Crippen LogP contribution >= 0.6 is 0 Å². The Morgan fingerprint density at radius 2 is 1.52 bits per heavy atom. The average molecular weight is 677 g/mol. The van der Waals surface area contributed by atoms with Crippen LogP contribution in [0.2, 0.25) is 0 Å². The van der Waals surface area contributed by atoms with Crippen LogP contribution in [0.3, 0.4) is 0 Å². The molecule has 6 N–H and O–H groups in total. The lowest BCUT2D eigenvalue weighted by Crippen LogP contribution is -2.54. The molecule has 1 aromatic rings. The van der Waals surface area contributed by atoms with E-state index in [0.29, 0.717) is 24.1 Å². The highest BCUT2D eigenvalue weighted by Gasteiger charge is 2.29. The SMILES string of the molecule is CC(C)C(NC(=O)CCC(C)(C)C)C(=O)N[C@@H](CCCNC(N)=O)C(=O)Nc1ccc(COC(=O)N(C)CCOC(=O)C(C)(C)C)cc1. The van der Waals surface area contributed by atoms with E-state index in [1.54, 1.807) is 45.0 Å². The van der Waals surface area contributed by atoms with E-state index < -0.39 is 41.4 Å². The number of benzene rings is 1. The Balaban J connectivity index is 2.82. The number of nitrogens with one attached hydrogen (secondary N) is 4. The summed E-state index contributed by atoms with van der Waals surface area (Å²) in [6, 6.07) is 4.11. The number of carbonyl (C=O) groups excluding carboxylic acids is 6. The maximum Gasteiger partial charge on any atom is 0.409 e. The van der Waals surface area contributed by atoms with Crippen LogP contribution in [0.15, 0.2) is 24.3 Å². The average Bonchev–Trinajstić information content (AvgIpc) is 2.98. The van der Waals surface area contributed by atoms with Crippen LogP contribution in [0.5, 0.6) is 0 Å². The van der Waals surface area contributed by atoms with Gasteiger partial charge in [0.15, 0.2) is 0 Å². The van der Waals surface area contributed by atoms with Gasteiger partial charge in [0.05, 0.1) is 12.0 Å². The highest BCUT2D eigenvalue weighted by atomic mass is 16.6. The summed E-state index contributed by atoms with van der Waals surface area (Å²) in [6.45, 7) is 15.3. The third kappa shape index (κ3) is 17.0. The minimum atomic E-state index is -0.973. The molecule has 0 aliphatic rings. The van der Waals surface area contributed by atoms with Crippen molar-refractivity contribution < 1.29 is 38.2 Å². The Bertz CT molecular complexity index is 1240. The molecule has 14 heteroatoms. The van der Waals surface area contributed by atoms with Gasteiger partial charge in [0.1, 0.15) is 25.3 Å². The van der Waals surface area contributed by atoms with Gasteiger partial charge in [-0.2, -0.15) is 0 Å². The van der Waals surface area contributed by atoms with E-state index in [-0.39, 0.29) is 62.4 Å². The number of esters is 1. The molecule has 0 fully saturated rings. The quantitative estimate of drug-likeness (QED) is 0.122. The second-order valence-electron chi connectivity index (χ2n) is 14.4. The zero-order valence-corrected chi connectivity index (χ0v) is 30.0. The van der Waals surface area contributed by atoms with Crippen molar-refractivity contribution in [2.24, 2.45) is 22.5 Å². The van der Waals surface area contributed by atoms with E-state index in [1.807, 2.05) is 34.6 Å². The Hall–Kier alpha value is -4.36. The summed E-state index contributed by atoms with van der Waals surface area (Å²) in [5.74, 6) is -1.83. The number of urea groups is 1. The lowest BCUT2D eigenvalue weighted by molar-refractivity contribution is -0.153. The topological polar surface area (TPSA) is 198 Å². The minimum Gasteiger partial charge on any atom is -0.463 e. The molecular formula is C34H56N6O8. The van der Waals surface area contributed by atoms with E-state index in [4.69, 9.17) is 15.2 Å². The molecule has 0 heterocycles. The number of anilines is 1. The standard InChI is InChI=1S/C34H56N6O8/c1-22(2)27(39-26(41)16-17-33(3,4)5)29(43)38-25(11-10-18-36-31(35)45)28(42)37-24-14-12-23(13-15-24)21-48-32(46)40(9)19-20-47-30(44)34(6,7)8/h12-15,22,25,27H,10-11,16-21H2,1-9H3,(H,37,42)(H,38,43)(H,39,41)(H3,35,36,45)/t25-,27?/m0/s1. The molecule has 48 heavy (non-hydrogen) atoms. The van der Waals surface area contributed by atoms with E-state index in [9.17, 15) is 28.8 Å². The molecule has 270 valence electrons. The number of primary amides is 1. The highest BCUT2D eigenvalue weighted by molar-refractivity contribution is 5.98. The van der Waals surface area contributed by atoms with Crippen LogP contribution in [0.1, 0.15) is 86.6 Å². The number of carbonyl (C=O) groups is 6. The van der Waals surface area contributed by atoms with E-state index in [0.717, 1.165) is 0 Å². The molecule has 0 bridgehead atoms. The summed E-state index contributed by atoms with van der Waals surface area (Å²) >= 11 is 0. The molecule has 0 aliphatic heterocycles. The zero-order chi connectivity index (χ0) is 36.7. The summed E-state index contributed by atoms with van der Waals surface area (Å²) in [5, 5.41) is 10.8. The molecule has 14 nitrogen and oxygen atoms in total. The molecule has 0 aromatic heterocycles. The number of nitrogens with two attached hydrogens (primary N) is 1. The monoisotopic (exact) mass is 676 g/mol. The van der Waals surface area contributed by atoms with E-state index >= 15 is 0 Å². The van der Waals surface area contributed by atoms with Gasteiger partial charge in [-0.1, -0.05) is 46.8 Å². The van der Waals surface area contributed by atoms with Crippen molar-refractivity contribution in [1.82, 2.24) is 20.9 Å². The van der Waals surface area contributed by atoms with Gasteiger partial charge in [0.25, 0.3) is 0 Å². The summed E-state index contributed by atoms with van der Waals surface area (Å²) in [6.07, 6.45) is 0.871. The van der Waals surface area contributed by atoms with Crippen molar-refractivity contribution >= 4 is 41.5 Å². The number of rotatable bonds is 17. The van der Waals surface area contributed by atoms with Crippen molar-refractivity contribution in [3.8, 4) is 0 Å². The Morgan fingerprint density at radius 3 is 2.06 bits per heavy atom. The molecule has 0 radical (unpaired) electrons. The van der Waals surface area contributed by atoms with Gasteiger partial charge in [0.2, 0.25) is 17.7 Å². The molecule has 6 amide bonds. The van der Waals surface area contributed by atoms with Crippen molar-refractivity contribution in [1.29, 1.82) is 0 Å². The van der Waals surface area contributed by atoms with Gasteiger partial charge < -0.3 is 41.4 Å². The Labute approximate surface area is 284 Å². The summed E-state index contributed by atoms with van der Waals surface area (Å²) < 4.78 is 10.5. The first-order valence-electron chi connectivity index (χ1n) is 16.3. The lowest BCUT2D eigenvalue weighted by atomic mass is 9.90. The van der Waals surface area contributed by atoms with Gasteiger partial charge in [-0.3, -0.25) is 19.2 Å². The number of likely N-dealkylation sites (N-methyl/N-ethyl adjacent to an activating group) is 1. The first kappa shape index (κ1) is 41.7. The molecule has 0 spiro atoms. The molecule has 0 aliphatic carbocycles. The smallest absolute Gasteiger partial charge is 0.409 e. The van der Waals surface area contributed by atoms with Gasteiger partial charge in [0, 0.05) is 25.7 Å². The minimum absolute atomic E-state index is 0.0250. The molecule has 1 unspecified atom stereocenters. The van der Waals surface area contributed by atoms with Crippen LogP contribution in [-0.2, 0) is 35.3 Å². The highest BCUT2D eigenvalue weighted by Crippen LogP contribution is 2.20. The zero-order valence-electron chi connectivity index (χ0n) is 30.0. The Kier molecular flexibility index (Phi) is 16.9. The normalized spacial score (nSPS) is 12.7. The lowest BCUT2D eigenvalue weighted by Gasteiger charge is -2.26. The van der Waals surface area contributed by atoms with Crippen LogP contribution in [0.25, 0.3) is 0 Å². The van der Waals surface area contributed by atoms with Crippen molar-refractivity contribution in [2.75, 3.05) is 32.1 Å². The van der Waals surface area contributed by atoms with Gasteiger partial charge >= 0.3 is 18.1 Å². The van der Waals surface area contributed by atoms with Crippen molar-refractivity contribution in [3.05, 3.63) is 29.8 Å². The van der Waals surface area contributed by atoms with Crippen LogP contribution in [0.4, 0.5) is 15.3 Å². The van der Waals surface area contributed by atoms with E-state index in [1.165, 1.54) is 11.9 Å². The van der Waals surface area contributed by atoms with E-state index in [2.05, 4.69) is 21.3 Å². The fraction of sp³-hybridized carbons (Fsp3) is 0.647. The second kappa shape index (κ2) is 19.5. The van der Waals surface area contributed by atoms with Crippen LogP contribution in [0, 0.1) is 16.7 Å². The number of ether oxygens (including phenoxy) is 2. The molecule has 1 rings (SSSR count). The number of hydrogen-bond acceptors (Lipinski definition) is 8. The van der Waals surface area contributed by atoms with Crippen LogP contribution in [-0.4, -0.2) is 79.5 Å². The molecular weight excluding hydrogens is 620 g/mol. The summed E-state index contributed by atoms with van der Waals surface area (Å²) in [4.78, 5) is 75.9. The first-order valence-corrected chi connectivity index (χ1v) is 16.3. The third-order valence-electron chi connectivity index (χ3n) is 7.14. The fourth-order valence-electron chi connectivity index (χ4n) is 4.07. The molecule has 1 aromatic carbocycles. The van der Waals surface area contributed by atoms with Gasteiger partial charge in [-0.15, -0.1) is 0 Å². The Morgan fingerprint density at radius 1 is 0.896 bits per heavy atom. The fourth-order valence-corrected chi connectivity index (χ4v) is 4.07. The maximum atomic E-state index is 13.3. The largest absolute Gasteiger partial charge is 0.463 e. The van der Waals surface area contributed by atoms with Gasteiger partial charge in [-0.25, -0.2) is 9.59 Å². The first-order chi connectivity index (χ1) is 22.2. The number of hydrogen-bond donors (Lipinski definition) is 5.